The van der Waals surface area contributed by atoms with E-state index in [4.69, 9.17) is 9.47 Å². The van der Waals surface area contributed by atoms with Gasteiger partial charge >= 0.3 is 5.97 Å². The van der Waals surface area contributed by atoms with E-state index in [9.17, 15) is 14.0 Å². The third-order valence-electron chi connectivity index (χ3n) is 3.65. The number of anilines is 1. The zero-order valence-electron chi connectivity index (χ0n) is 15.3. The van der Waals surface area contributed by atoms with Gasteiger partial charge in [0.2, 0.25) is 0 Å². The van der Waals surface area contributed by atoms with Crippen molar-refractivity contribution in [1.29, 1.82) is 0 Å². The highest BCUT2D eigenvalue weighted by Gasteiger charge is 2.11. The number of nitrogens with one attached hydrogen (secondary N) is 1. The number of hydrogen-bond donors (Lipinski definition) is 1. The SMILES string of the molecule is O=C(COC(=O)COc1cccc(F)c1)Nc1ccccc1Sc1ccccc1. The van der Waals surface area contributed by atoms with E-state index in [-0.39, 0.29) is 5.75 Å². The number of rotatable bonds is 8. The lowest BCUT2D eigenvalue weighted by atomic mass is 10.3. The Morgan fingerprint density at radius 2 is 1.66 bits per heavy atom. The molecule has 0 fully saturated rings. The number of halogens is 1. The summed E-state index contributed by atoms with van der Waals surface area (Å²) in [6, 6.07) is 22.5. The van der Waals surface area contributed by atoms with Crippen molar-refractivity contribution < 1.29 is 23.5 Å². The van der Waals surface area contributed by atoms with Crippen molar-refractivity contribution in [2.24, 2.45) is 0 Å². The topological polar surface area (TPSA) is 64.6 Å². The van der Waals surface area contributed by atoms with Crippen LogP contribution in [0.4, 0.5) is 10.1 Å². The van der Waals surface area contributed by atoms with E-state index in [0.717, 1.165) is 15.9 Å². The molecule has 1 N–H and O–H groups in total. The van der Waals surface area contributed by atoms with Crippen LogP contribution >= 0.6 is 11.8 Å². The molecule has 0 radical (unpaired) electrons. The number of para-hydroxylation sites is 1. The van der Waals surface area contributed by atoms with Crippen LogP contribution in [0, 0.1) is 5.82 Å². The first-order valence-corrected chi connectivity index (χ1v) is 9.57. The van der Waals surface area contributed by atoms with Gasteiger partial charge in [0.05, 0.1) is 5.69 Å². The summed E-state index contributed by atoms with van der Waals surface area (Å²) in [5, 5.41) is 2.74. The van der Waals surface area contributed by atoms with Crippen LogP contribution in [0.1, 0.15) is 0 Å². The second kappa shape index (κ2) is 10.3. The number of amides is 1. The van der Waals surface area contributed by atoms with Crippen molar-refractivity contribution in [3.05, 3.63) is 84.7 Å². The maximum Gasteiger partial charge on any atom is 0.344 e. The molecular formula is C22H18FNO4S. The van der Waals surface area contributed by atoms with E-state index < -0.39 is 30.9 Å². The number of benzene rings is 3. The summed E-state index contributed by atoms with van der Waals surface area (Å²) in [5.41, 5.74) is 0.624. The molecule has 3 aromatic carbocycles. The molecule has 0 aliphatic rings. The predicted octanol–water partition coefficient (Wildman–Crippen LogP) is 4.54. The first kappa shape index (κ1) is 20.4. The Kier molecular flexibility index (Phi) is 7.24. The van der Waals surface area contributed by atoms with Crippen LogP contribution in [-0.2, 0) is 14.3 Å². The molecule has 0 bridgehead atoms. The third kappa shape index (κ3) is 6.65. The van der Waals surface area contributed by atoms with Crippen molar-refractivity contribution in [2.45, 2.75) is 9.79 Å². The van der Waals surface area contributed by atoms with Gasteiger partial charge in [0.1, 0.15) is 11.6 Å². The molecule has 0 atom stereocenters. The number of ether oxygens (including phenoxy) is 2. The number of hydrogen-bond acceptors (Lipinski definition) is 5. The van der Waals surface area contributed by atoms with E-state index in [1.807, 2.05) is 48.5 Å². The van der Waals surface area contributed by atoms with E-state index in [1.165, 1.54) is 30.0 Å². The average Bonchev–Trinajstić information content (AvgIpc) is 2.73. The number of carbonyl (C=O) groups excluding carboxylic acids is 2. The second-order valence-corrected chi connectivity index (χ2v) is 6.98. The molecule has 0 aliphatic carbocycles. The molecule has 1 amide bonds. The Morgan fingerprint density at radius 3 is 2.45 bits per heavy atom. The highest BCUT2D eigenvalue weighted by molar-refractivity contribution is 7.99. The standard InChI is InChI=1S/C22H18FNO4S/c23-16-7-6-8-17(13-16)27-15-22(26)28-14-21(25)24-19-11-4-5-12-20(19)29-18-9-2-1-3-10-18/h1-13H,14-15H2,(H,24,25). The molecule has 0 aromatic heterocycles. The molecule has 29 heavy (non-hydrogen) atoms. The van der Waals surface area contributed by atoms with Crippen LogP contribution in [0.25, 0.3) is 0 Å². The lowest BCUT2D eigenvalue weighted by Crippen LogP contribution is -2.23. The van der Waals surface area contributed by atoms with Crippen molar-refractivity contribution >= 4 is 29.3 Å². The summed E-state index contributed by atoms with van der Waals surface area (Å²) < 4.78 is 23.1. The van der Waals surface area contributed by atoms with E-state index >= 15 is 0 Å². The fourth-order valence-corrected chi connectivity index (χ4v) is 3.27. The van der Waals surface area contributed by atoms with Gasteiger partial charge < -0.3 is 14.8 Å². The van der Waals surface area contributed by atoms with Gasteiger partial charge in [0, 0.05) is 15.9 Å². The number of carbonyl (C=O) groups is 2. The summed E-state index contributed by atoms with van der Waals surface area (Å²) in [6.45, 7) is -0.868. The Labute approximate surface area is 171 Å². The van der Waals surface area contributed by atoms with Gasteiger partial charge in [-0.2, -0.15) is 0 Å². The van der Waals surface area contributed by atoms with Gasteiger partial charge in [-0.15, -0.1) is 0 Å². The molecule has 5 nitrogen and oxygen atoms in total. The minimum atomic E-state index is -0.726. The quantitative estimate of drug-likeness (QED) is 0.552. The molecular weight excluding hydrogens is 393 g/mol. The molecule has 0 heterocycles. The predicted molar refractivity (Wildman–Crippen MR) is 108 cm³/mol. The molecule has 148 valence electrons. The van der Waals surface area contributed by atoms with Crippen molar-refractivity contribution in [3.8, 4) is 5.75 Å². The summed E-state index contributed by atoms with van der Waals surface area (Å²) in [4.78, 5) is 25.8. The molecule has 3 rings (SSSR count). The summed E-state index contributed by atoms with van der Waals surface area (Å²) in [5.74, 6) is -1.46. The van der Waals surface area contributed by atoms with Gasteiger partial charge in [0.15, 0.2) is 13.2 Å². The lowest BCUT2D eigenvalue weighted by Gasteiger charge is -2.11. The normalized spacial score (nSPS) is 10.2. The van der Waals surface area contributed by atoms with E-state index in [0.29, 0.717) is 5.69 Å². The summed E-state index contributed by atoms with van der Waals surface area (Å²) >= 11 is 1.51. The minimum absolute atomic E-state index is 0.207. The maximum atomic E-state index is 13.1. The van der Waals surface area contributed by atoms with Gasteiger partial charge in [-0.1, -0.05) is 48.2 Å². The highest BCUT2D eigenvalue weighted by Crippen LogP contribution is 2.33. The van der Waals surface area contributed by atoms with Crippen LogP contribution in [0.15, 0.2) is 88.7 Å². The minimum Gasteiger partial charge on any atom is -0.482 e. The van der Waals surface area contributed by atoms with Gasteiger partial charge in [-0.05, 0) is 36.4 Å². The first-order valence-electron chi connectivity index (χ1n) is 8.76. The van der Waals surface area contributed by atoms with Gasteiger partial charge in [-0.3, -0.25) is 4.79 Å². The molecule has 0 aliphatic heterocycles. The van der Waals surface area contributed by atoms with E-state index in [2.05, 4.69) is 5.32 Å². The number of esters is 1. The summed E-state index contributed by atoms with van der Waals surface area (Å²) in [6.07, 6.45) is 0. The van der Waals surface area contributed by atoms with Crippen LogP contribution < -0.4 is 10.1 Å². The van der Waals surface area contributed by atoms with Crippen LogP contribution in [-0.4, -0.2) is 25.1 Å². The van der Waals surface area contributed by atoms with Crippen molar-refractivity contribution in [2.75, 3.05) is 18.5 Å². The maximum absolute atomic E-state index is 13.1. The fraction of sp³-hybridized carbons (Fsp3) is 0.0909. The Hall–Kier alpha value is -3.32. The average molecular weight is 411 g/mol. The Balaban J connectivity index is 1.49. The molecule has 0 unspecified atom stereocenters. The first-order chi connectivity index (χ1) is 14.1. The zero-order chi connectivity index (χ0) is 20.5. The smallest absolute Gasteiger partial charge is 0.344 e. The summed E-state index contributed by atoms with van der Waals surface area (Å²) in [7, 11) is 0. The van der Waals surface area contributed by atoms with Crippen molar-refractivity contribution in [3.63, 3.8) is 0 Å². The fourth-order valence-electron chi connectivity index (χ4n) is 2.35. The van der Waals surface area contributed by atoms with Crippen LogP contribution in [0.5, 0.6) is 5.75 Å². The molecule has 0 spiro atoms. The van der Waals surface area contributed by atoms with Crippen LogP contribution in [0.2, 0.25) is 0 Å². The lowest BCUT2D eigenvalue weighted by molar-refractivity contribution is -0.149. The van der Waals surface area contributed by atoms with Gasteiger partial charge in [0.25, 0.3) is 5.91 Å². The third-order valence-corrected chi connectivity index (χ3v) is 4.73. The molecule has 0 saturated carbocycles. The largest absolute Gasteiger partial charge is 0.482 e. The molecule has 3 aromatic rings. The highest BCUT2D eigenvalue weighted by atomic mass is 32.2. The monoisotopic (exact) mass is 411 g/mol. The van der Waals surface area contributed by atoms with Gasteiger partial charge in [-0.25, -0.2) is 9.18 Å². The Bertz CT molecular complexity index is 981. The van der Waals surface area contributed by atoms with Crippen LogP contribution in [0.3, 0.4) is 0 Å². The zero-order valence-corrected chi connectivity index (χ0v) is 16.2. The molecule has 0 saturated heterocycles. The second-order valence-electron chi connectivity index (χ2n) is 5.87. The Morgan fingerprint density at radius 1 is 0.897 bits per heavy atom. The van der Waals surface area contributed by atoms with Crippen molar-refractivity contribution in [1.82, 2.24) is 0 Å². The van der Waals surface area contributed by atoms with E-state index in [1.54, 1.807) is 6.07 Å². The molecule has 7 heteroatoms.